The first kappa shape index (κ1) is 23.8. The summed E-state index contributed by atoms with van der Waals surface area (Å²) >= 11 is 0. The molecule has 36 heavy (non-hydrogen) atoms. The number of alkyl halides is 3. The molecule has 10 heteroatoms. The first-order chi connectivity index (χ1) is 17.2. The number of ether oxygens (including phenoxy) is 1. The molecule has 0 bridgehead atoms. The second-order valence-electron chi connectivity index (χ2n) is 8.85. The van der Waals surface area contributed by atoms with Crippen LogP contribution >= 0.6 is 0 Å². The van der Waals surface area contributed by atoms with Crippen molar-refractivity contribution in [2.45, 2.75) is 43.8 Å². The highest BCUT2D eigenvalue weighted by Crippen LogP contribution is 2.44. The number of nitrogens with two attached hydrogens (primary N) is 1. The Labute approximate surface area is 205 Å². The van der Waals surface area contributed by atoms with E-state index in [1.54, 1.807) is 24.4 Å². The van der Waals surface area contributed by atoms with Gasteiger partial charge >= 0.3 is 6.36 Å². The Morgan fingerprint density at radius 3 is 2.50 bits per heavy atom. The molecule has 0 spiro atoms. The number of rotatable bonds is 8. The molecular formula is C26H24F3N5O2. The van der Waals surface area contributed by atoms with Crippen molar-refractivity contribution in [3.05, 3.63) is 89.9 Å². The molecule has 7 nitrogen and oxygen atoms in total. The van der Waals surface area contributed by atoms with Crippen LogP contribution in [-0.2, 0) is 23.3 Å². The van der Waals surface area contributed by atoms with Gasteiger partial charge in [0, 0.05) is 25.1 Å². The van der Waals surface area contributed by atoms with Gasteiger partial charge in [0.05, 0.1) is 12.1 Å². The fraction of sp³-hybridized carbons (Fsp3) is 0.269. The molecule has 2 heterocycles. The van der Waals surface area contributed by atoms with Crippen molar-refractivity contribution in [1.82, 2.24) is 19.9 Å². The second-order valence-corrected chi connectivity index (χ2v) is 8.85. The minimum absolute atomic E-state index is 0.132. The third-order valence-electron chi connectivity index (χ3n) is 6.32. The van der Waals surface area contributed by atoms with Crippen molar-refractivity contribution < 1.29 is 22.7 Å². The van der Waals surface area contributed by atoms with E-state index in [1.807, 2.05) is 41.0 Å². The monoisotopic (exact) mass is 495 g/mol. The van der Waals surface area contributed by atoms with Gasteiger partial charge in [0.15, 0.2) is 5.65 Å². The van der Waals surface area contributed by atoms with Gasteiger partial charge in [-0.3, -0.25) is 4.79 Å². The number of aryl methyl sites for hydroxylation is 1. The molecule has 1 amide bonds. The average Bonchev–Trinajstić information content (AvgIpc) is 3.37. The lowest BCUT2D eigenvalue weighted by Gasteiger charge is -2.19. The molecule has 4 aromatic rings. The molecule has 1 fully saturated rings. The maximum absolute atomic E-state index is 12.9. The summed E-state index contributed by atoms with van der Waals surface area (Å²) in [6.45, 7) is 0.329. The topological polar surface area (TPSA) is 95.1 Å². The zero-order valence-corrected chi connectivity index (χ0v) is 19.2. The summed E-state index contributed by atoms with van der Waals surface area (Å²) in [7, 11) is 0. The molecule has 2 atom stereocenters. The van der Waals surface area contributed by atoms with Gasteiger partial charge in [-0.1, -0.05) is 42.5 Å². The zero-order valence-electron chi connectivity index (χ0n) is 19.2. The fourth-order valence-electron chi connectivity index (χ4n) is 4.45. The van der Waals surface area contributed by atoms with E-state index >= 15 is 0 Å². The number of amides is 1. The third kappa shape index (κ3) is 5.03. The largest absolute Gasteiger partial charge is 0.573 e. The maximum atomic E-state index is 12.9. The highest BCUT2D eigenvalue weighted by Gasteiger charge is 2.54. The summed E-state index contributed by atoms with van der Waals surface area (Å²) in [6.07, 6.45) is -1.86. The van der Waals surface area contributed by atoms with Gasteiger partial charge in [0.25, 0.3) is 0 Å². The number of halogens is 3. The molecule has 186 valence electrons. The Morgan fingerprint density at radius 2 is 1.83 bits per heavy atom. The Morgan fingerprint density at radius 1 is 1.11 bits per heavy atom. The predicted octanol–water partition coefficient (Wildman–Crippen LogP) is 4.05. The van der Waals surface area contributed by atoms with Gasteiger partial charge in [-0.15, -0.1) is 13.2 Å². The van der Waals surface area contributed by atoms with Gasteiger partial charge in [0.2, 0.25) is 5.91 Å². The number of nitrogens with zero attached hydrogens (tertiary/aromatic N) is 3. The lowest BCUT2D eigenvalue weighted by atomic mass is 10.0. The minimum Gasteiger partial charge on any atom is -0.406 e. The van der Waals surface area contributed by atoms with Crippen LogP contribution in [0.4, 0.5) is 13.2 Å². The summed E-state index contributed by atoms with van der Waals surface area (Å²) < 4.78 is 43.2. The molecule has 1 unspecified atom stereocenters. The number of fused-ring (bicyclic) bond motifs is 1. The molecule has 0 saturated heterocycles. The van der Waals surface area contributed by atoms with Gasteiger partial charge in [-0.25, -0.2) is 9.97 Å². The van der Waals surface area contributed by atoms with Crippen LogP contribution in [0, 0.1) is 0 Å². The van der Waals surface area contributed by atoms with Crippen molar-refractivity contribution in [2.24, 2.45) is 5.73 Å². The van der Waals surface area contributed by atoms with Crippen molar-refractivity contribution in [3.8, 4) is 5.75 Å². The number of nitrogens with one attached hydrogen (secondary N) is 1. The molecule has 5 rings (SSSR count). The number of hydrogen-bond donors (Lipinski definition) is 2. The fourth-order valence-corrected chi connectivity index (χ4v) is 4.45. The number of benzene rings is 2. The van der Waals surface area contributed by atoms with E-state index in [1.165, 1.54) is 12.1 Å². The summed E-state index contributed by atoms with van der Waals surface area (Å²) in [4.78, 5) is 22.0. The first-order valence-electron chi connectivity index (χ1n) is 11.5. The Kier molecular flexibility index (Phi) is 6.13. The van der Waals surface area contributed by atoms with Crippen molar-refractivity contribution >= 4 is 17.1 Å². The summed E-state index contributed by atoms with van der Waals surface area (Å²) in [5, 5.41) is 3.11. The van der Waals surface area contributed by atoms with Gasteiger partial charge in [0.1, 0.15) is 17.1 Å². The molecule has 1 aliphatic rings. The van der Waals surface area contributed by atoms with Crippen LogP contribution in [0.1, 0.15) is 29.8 Å². The lowest BCUT2D eigenvalue weighted by molar-refractivity contribution is -0.274. The van der Waals surface area contributed by atoms with E-state index in [-0.39, 0.29) is 24.1 Å². The molecule has 0 radical (unpaired) electrons. The van der Waals surface area contributed by atoms with E-state index in [0.29, 0.717) is 36.4 Å². The van der Waals surface area contributed by atoms with Crippen molar-refractivity contribution in [1.29, 1.82) is 0 Å². The Bertz CT molecular complexity index is 1370. The van der Waals surface area contributed by atoms with Crippen molar-refractivity contribution in [3.63, 3.8) is 0 Å². The quantitative estimate of drug-likeness (QED) is 0.385. The molecule has 2 aromatic carbocycles. The van der Waals surface area contributed by atoms with E-state index in [2.05, 4.69) is 20.0 Å². The first-order valence-corrected chi connectivity index (χ1v) is 11.5. The minimum atomic E-state index is -4.75. The standard InChI is InChI=1S/C26H24F3N5O2/c27-26(28,29)36-19-10-8-17(9-11-19)16-34-22(32-20-7-4-14-31-24(20)34)12-13-23(35)33-25(15-21(25)30)18-5-2-1-3-6-18/h1-11,14,21H,12-13,15-16,30H2,(H,33,35)/t21-,25?/m1/s1. The van der Waals surface area contributed by atoms with Crippen LogP contribution in [0.3, 0.4) is 0 Å². The number of imidazole rings is 1. The highest BCUT2D eigenvalue weighted by atomic mass is 19.4. The number of carbonyl (C=O) groups excluding carboxylic acids is 1. The molecule has 1 saturated carbocycles. The number of pyridine rings is 1. The Hall–Kier alpha value is -3.92. The van der Waals surface area contributed by atoms with Crippen LogP contribution in [0.5, 0.6) is 5.75 Å². The lowest BCUT2D eigenvalue weighted by Crippen LogP contribution is -2.39. The summed E-state index contributed by atoms with van der Waals surface area (Å²) in [6, 6.07) is 18.8. The van der Waals surface area contributed by atoms with Crippen LogP contribution in [0.25, 0.3) is 11.2 Å². The van der Waals surface area contributed by atoms with E-state index < -0.39 is 11.9 Å². The van der Waals surface area contributed by atoms with Gasteiger partial charge < -0.3 is 20.4 Å². The number of hydrogen-bond acceptors (Lipinski definition) is 5. The van der Waals surface area contributed by atoms with Crippen LogP contribution in [0.2, 0.25) is 0 Å². The number of aromatic nitrogens is 3. The molecule has 0 aliphatic heterocycles. The molecule has 1 aliphatic carbocycles. The molecular weight excluding hydrogens is 471 g/mol. The zero-order chi connectivity index (χ0) is 25.3. The van der Waals surface area contributed by atoms with E-state index in [4.69, 9.17) is 5.73 Å². The second kappa shape index (κ2) is 9.27. The van der Waals surface area contributed by atoms with E-state index in [0.717, 1.165) is 11.1 Å². The van der Waals surface area contributed by atoms with Crippen molar-refractivity contribution in [2.75, 3.05) is 0 Å². The summed E-state index contributed by atoms with van der Waals surface area (Å²) in [5.74, 6) is 0.234. The summed E-state index contributed by atoms with van der Waals surface area (Å²) in [5.41, 5.74) is 8.68. The van der Waals surface area contributed by atoms with Crippen LogP contribution in [0.15, 0.2) is 72.9 Å². The smallest absolute Gasteiger partial charge is 0.406 e. The molecule has 2 aromatic heterocycles. The SMILES string of the molecule is N[C@@H]1CC1(NC(=O)CCc1nc2cccnc2n1Cc1ccc(OC(F)(F)F)cc1)c1ccccc1. The third-order valence-corrected chi connectivity index (χ3v) is 6.32. The predicted molar refractivity (Wildman–Crippen MR) is 127 cm³/mol. The highest BCUT2D eigenvalue weighted by molar-refractivity contribution is 5.78. The maximum Gasteiger partial charge on any atom is 0.573 e. The normalized spacial score (nSPS) is 19.3. The van der Waals surface area contributed by atoms with Crippen LogP contribution < -0.4 is 15.8 Å². The van der Waals surface area contributed by atoms with Crippen LogP contribution in [-0.4, -0.2) is 32.8 Å². The average molecular weight is 496 g/mol. The molecule has 3 N–H and O–H groups in total. The Balaban J connectivity index is 1.31. The van der Waals surface area contributed by atoms with E-state index in [9.17, 15) is 18.0 Å². The van der Waals surface area contributed by atoms with Gasteiger partial charge in [-0.05, 0) is 41.8 Å². The van der Waals surface area contributed by atoms with Gasteiger partial charge in [-0.2, -0.15) is 0 Å². The number of carbonyl (C=O) groups is 1.